The molecule has 0 spiro atoms. The summed E-state index contributed by atoms with van der Waals surface area (Å²) in [5.41, 5.74) is 0. The average Bonchev–Trinajstić information content (AvgIpc) is 2.05. The van der Waals surface area contributed by atoms with Crippen molar-refractivity contribution in [3.63, 3.8) is 0 Å². The van der Waals surface area contributed by atoms with E-state index in [1.165, 1.54) is 25.7 Å². The molecule has 12 heavy (non-hydrogen) atoms. The predicted octanol–water partition coefficient (Wildman–Crippen LogP) is 0.987. The van der Waals surface area contributed by atoms with Gasteiger partial charge in [0, 0.05) is 0 Å². The molecule has 0 nitrogen and oxygen atoms in total. The van der Waals surface area contributed by atoms with E-state index in [9.17, 15) is 0 Å². The van der Waals surface area contributed by atoms with Crippen molar-refractivity contribution in [2.75, 3.05) is 0 Å². The van der Waals surface area contributed by atoms with Gasteiger partial charge in [-0.15, -0.1) is 6.92 Å². The first-order valence-corrected chi connectivity index (χ1v) is 4.81. The molecule has 1 unspecified atom stereocenters. The van der Waals surface area contributed by atoms with E-state index in [4.69, 9.17) is 0 Å². The van der Waals surface area contributed by atoms with Gasteiger partial charge in [0.05, 0.1) is 0 Å². The zero-order valence-electron chi connectivity index (χ0n) is 9.14. The first-order chi connectivity index (χ1) is 5.35. The molecule has 1 atom stereocenters. The van der Waals surface area contributed by atoms with E-state index in [-0.39, 0.29) is 29.6 Å². The molecule has 0 N–H and O–H groups in total. The minimum absolute atomic E-state index is 0. The van der Waals surface area contributed by atoms with Gasteiger partial charge < -0.3 is 0 Å². The van der Waals surface area contributed by atoms with Gasteiger partial charge in [-0.25, -0.2) is 18.6 Å². The van der Waals surface area contributed by atoms with Crippen LogP contribution >= 0.6 is 0 Å². The van der Waals surface area contributed by atoms with Crippen molar-refractivity contribution in [3.8, 4) is 0 Å². The van der Waals surface area contributed by atoms with Crippen LogP contribution in [0.5, 0.6) is 0 Å². The standard InChI is InChI=1S/C11H21.Na/c1-4-7-9-11(6-3)10-8-5-2;/h4,7,9,11H,5-6,8,10H2,1-3H3;/q-1;+1. The molecule has 0 radical (unpaired) electrons. The molecule has 0 aliphatic rings. The molecule has 0 saturated heterocycles. The van der Waals surface area contributed by atoms with Crippen LogP contribution in [0.3, 0.4) is 0 Å². The molecule has 0 aromatic rings. The van der Waals surface area contributed by atoms with Crippen LogP contribution in [0.2, 0.25) is 0 Å². The van der Waals surface area contributed by atoms with Crippen molar-refractivity contribution in [3.05, 3.63) is 18.6 Å². The Balaban J connectivity index is 0. The summed E-state index contributed by atoms with van der Waals surface area (Å²) in [6.45, 7) is 6.59. The molecule has 0 aromatic carbocycles. The SMILES string of the molecule is CC=C[CH-]C(CC)CCCC.[Na+]. The predicted molar refractivity (Wildman–Crippen MR) is 52.4 cm³/mol. The first-order valence-electron chi connectivity index (χ1n) is 4.81. The maximum atomic E-state index is 2.33. The topological polar surface area (TPSA) is 0 Å². The van der Waals surface area contributed by atoms with E-state index in [0.717, 1.165) is 5.92 Å². The number of allylic oxidation sites excluding steroid dienone is 2. The van der Waals surface area contributed by atoms with Gasteiger partial charge in [-0.3, -0.25) is 0 Å². The Morgan fingerprint density at radius 1 is 1.33 bits per heavy atom. The maximum absolute atomic E-state index is 2.33. The molecule has 0 bridgehead atoms. The van der Waals surface area contributed by atoms with E-state index in [2.05, 4.69) is 39.3 Å². The summed E-state index contributed by atoms with van der Waals surface area (Å²) in [4.78, 5) is 0. The van der Waals surface area contributed by atoms with Gasteiger partial charge >= 0.3 is 29.6 Å². The molecule has 0 amide bonds. The molecule has 0 heterocycles. The van der Waals surface area contributed by atoms with E-state index in [0.29, 0.717) is 0 Å². The van der Waals surface area contributed by atoms with Crippen molar-refractivity contribution in [1.29, 1.82) is 0 Å². The van der Waals surface area contributed by atoms with Crippen LogP contribution in [0.4, 0.5) is 0 Å². The minimum atomic E-state index is 0. The van der Waals surface area contributed by atoms with Crippen LogP contribution in [-0.4, -0.2) is 0 Å². The van der Waals surface area contributed by atoms with Crippen molar-refractivity contribution < 1.29 is 29.6 Å². The third-order valence-corrected chi connectivity index (χ3v) is 2.03. The van der Waals surface area contributed by atoms with Crippen LogP contribution < -0.4 is 29.6 Å². The third-order valence-electron chi connectivity index (χ3n) is 2.03. The Morgan fingerprint density at radius 3 is 2.42 bits per heavy atom. The zero-order valence-corrected chi connectivity index (χ0v) is 11.1. The summed E-state index contributed by atoms with van der Waals surface area (Å²) < 4.78 is 0. The molecule has 0 fully saturated rings. The number of hydrogen-bond acceptors (Lipinski definition) is 0. The second kappa shape index (κ2) is 11.6. The van der Waals surface area contributed by atoms with Gasteiger partial charge in [0.15, 0.2) is 0 Å². The molecular formula is C11H21Na. The molecule has 0 aromatic heterocycles. The molecule has 0 aliphatic heterocycles. The number of hydrogen-bond donors (Lipinski definition) is 0. The fraction of sp³-hybridized carbons (Fsp3) is 0.727. The Kier molecular flexibility index (Phi) is 14.6. The zero-order chi connectivity index (χ0) is 8.53. The van der Waals surface area contributed by atoms with Crippen LogP contribution in [0.25, 0.3) is 0 Å². The minimum Gasteiger partial charge on any atom is -0.233 e. The fourth-order valence-corrected chi connectivity index (χ4v) is 1.17. The monoisotopic (exact) mass is 176 g/mol. The summed E-state index contributed by atoms with van der Waals surface area (Å²) in [5.74, 6) is 0.811. The molecule has 0 saturated carbocycles. The third kappa shape index (κ3) is 8.70. The van der Waals surface area contributed by atoms with Crippen molar-refractivity contribution >= 4 is 0 Å². The summed E-state index contributed by atoms with van der Waals surface area (Å²) in [7, 11) is 0. The van der Waals surface area contributed by atoms with Gasteiger partial charge in [-0.05, 0) is 0 Å². The second-order valence-electron chi connectivity index (χ2n) is 3.03. The molecule has 0 rings (SSSR count). The Bertz CT molecular complexity index is 97.2. The van der Waals surface area contributed by atoms with Gasteiger partial charge in [-0.1, -0.05) is 45.4 Å². The smallest absolute Gasteiger partial charge is 0.233 e. The van der Waals surface area contributed by atoms with Crippen molar-refractivity contribution in [2.24, 2.45) is 5.92 Å². The Hall–Kier alpha value is 0.610. The van der Waals surface area contributed by atoms with E-state index in [1.807, 2.05) is 0 Å². The van der Waals surface area contributed by atoms with Crippen LogP contribution in [0.15, 0.2) is 12.2 Å². The summed E-state index contributed by atoms with van der Waals surface area (Å²) in [5, 5.41) is 0. The van der Waals surface area contributed by atoms with Crippen molar-refractivity contribution in [1.82, 2.24) is 0 Å². The Morgan fingerprint density at radius 2 is 2.00 bits per heavy atom. The summed E-state index contributed by atoms with van der Waals surface area (Å²) in [6.07, 6.45) is 11.9. The molecule has 1 heteroatoms. The summed E-state index contributed by atoms with van der Waals surface area (Å²) >= 11 is 0. The van der Waals surface area contributed by atoms with E-state index >= 15 is 0 Å². The number of unbranched alkanes of at least 4 members (excludes halogenated alkanes) is 1. The normalized spacial score (nSPS) is 12.6. The van der Waals surface area contributed by atoms with Gasteiger partial charge in [-0.2, -0.15) is 0 Å². The van der Waals surface area contributed by atoms with E-state index in [1.54, 1.807) is 0 Å². The van der Waals surface area contributed by atoms with Crippen LogP contribution in [0, 0.1) is 12.3 Å². The van der Waals surface area contributed by atoms with Gasteiger partial charge in [0.1, 0.15) is 0 Å². The maximum Gasteiger partial charge on any atom is 1.00 e. The van der Waals surface area contributed by atoms with Gasteiger partial charge in [0.2, 0.25) is 0 Å². The largest absolute Gasteiger partial charge is 1.00 e. The Labute approximate surface area is 100 Å². The fourth-order valence-electron chi connectivity index (χ4n) is 1.17. The summed E-state index contributed by atoms with van der Waals surface area (Å²) in [6, 6.07) is 0. The van der Waals surface area contributed by atoms with Crippen molar-refractivity contribution in [2.45, 2.75) is 46.5 Å². The first kappa shape index (κ1) is 15.1. The molecular weight excluding hydrogens is 155 g/mol. The quantitative estimate of drug-likeness (QED) is 0.418. The molecule has 0 aliphatic carbocycles. The second-order valence-corrected chi connectivity index (χ2v) is 3.03. The molecule has 66 valence electrons. The van der Waals surface area contributed by atoms with E-state index < -0.39 is 0 Å². The van der Waals surface area contributed by atoms with Crippen LogP contribution in [0.1, 0.15) is 46.5 Å². The van der Waals surface area contributed by atoms with Crippen LogP contribution in [-0.2, 0) is 0 Å². The van der Waals surface area contributed by atoms with Gasteiger partial charge in [0.25, 0.3) is 0 Å². The average molecular weight is 176 g/mol. The number of rotatable bonds is 6.